The van der Waals surface area contributed by atoms with Crippen molar-refractivity contribution >= 4 is 59.4 Å². The Labute approximate surface area is 187 Å². The lowest BCUT2D eigenvalue weighted by molar-refractivity contribution is 0.0379. The van der Waals surface area contributed by atoms with Crippen LogP contribution in [0.25, 0.3) is 32.7 Å². The molecule has 4 heteroatoms. The number of esters is 1. The molecule has 0 aromatic heterocycles. The molecule has 4 rings (SSSR count). The van der Waals surface area contributed by atoms with Crippen LogP contribution in [-0.2, 0) is 4.74 Å². The SMILES string of the molecule is CC(C)OC(=O)c1ccc2ccccc2c1-c1c(C(Br)Br)ccc2ccccc12. The summed E-state index contributed by atoms with van der Waals surface area (Å²) in [4.78, 5) is 13.1. The van der Waals surface area contributed by atoms with Gasteiger partial charge in [0.2, 0.25) is 0 Å². The van der Waals surface area contributed by atoms with E-state index in [0.29, 0.717) is 5.56 Å². The molecule has 0 aliphatic heterocycles. The third-order valence-corrected chi connectivity index (χ3v) is 5.92. The van der Waals surface area contributed by atoms with Gasteiger partial charge in [-0.3, -0.25) is 0 Å². The van der Waals surface area contributed by atoms with Gasteiger partial charge in [-0.05, 0) is 52.6 Å². The molecule has 0 heterocycles. The van der Waals surface area contributed by atoms with Crippen molar-refractivity contribution in [1.29, 1.82) is 0 Å². The molecule has 0 saturated heterocycles. The van der Waals surface area contributed by atoms with Crippen molar-refractivity contribution in [3.63, 3.8) is 0 Å². The van der Waals surface area contributed by atoms with E-state index in [1.165, 1.54) is 0 Å². The maximum atomic E-state index is 13.1. The molecule has 0 N–H and O–H groups in total. The van der Waals surface area contributed by atoms with Crippen LogP contribution in [0.2, 0.25) is 0 Å². The molecule has 0 amide bonds. The lowest BCUT2D eigenvalue weighted by atomic mass is 9.87. The van der Waals surface area contributed by atoms with Crippen molar-refractivity contribution in [2.75, 3.05) is 0 Å². The van der Waals surface area contributed by atoms with Crippen molar-refractivity contribution < 1.29 is 9.53 Å². The topological polar surface area (TPSA) is 26.3 Å². The zero-order valence-corrected chi connectivity index (χ0v) is 19.3. The maximum Gasteiger partial charge on any atom is 0.339 e. The Morgan fingerprint density at radius 1 is 0.759 bits per heavy atom. The van der Waals surface area contributed by atoms with Gasteiger partial charge in [0.15, 0.2) is 0 Å². The normalized spacial score (nSPS) is 11.5. The highest BCUT2D eigenvalue weighted by molar-refractivity contribution is 9.24. The minimum atomic E-state index is -0.305. The van der Waals surface area contributed by atoms with Gasteiger partial charge in [0, 0.05) is 5.56 Å². The van der Waals surface area contributed by atoms with Crippen LogP contribution in [0.3, 0.4) is 0 Å². The van der Waals surface area contributed by atoms with Crippen LogP contribution < -0.4 is 0 Å². The summed E-state index contributed by atoms with van der Waals surface area (Å²) >= 11 is 7.37. The summed E-state index contributed by atoms with van der Waals surface area (Å²) in [7, 11) is 0. The Kier molecular flexibility index (Phi) is 5.75. The second-order valence-corrected chi connectivity index (χ2v) is 10.3. The number of carbonyl (C=O) groups excluding carboxylic acids is 1. The number of hydrogen-bond acceptors (Lipinski definition) is 2. The van der Waals surface area contributed by atoms with Crippen molar-refractivity contribution in [3.05, 3.63) is 83.9 Å². The lowest BCUT2D eigenvalue weighted by Crippen LogP contribution is -2.13. The third-order valence-electron chi connectivity index (χ3n) is 4.94. The predicted octanol–water partition coefficient (Wildman–Crippen LogP) is 8.01. The number of fused-ring (bicyclic) bond motifs is 2. The van der Waals surface area contributed by atoms with Crippen molar-refractivity contribution in [2.45, 2.75) is 23.7 Å². The average Bonchev–Trinajstić information content (AvgIpc) is 2.71. The highest BCUT2D eigenvalue weighted by Gasteiger charge is 2.23. The molecular weight excluding hydrogens is 492 g/mol. The molecule has 2 nitrogen and oxygen atoms in total. The second-order valence-electron chi connectivity index (χ2n) is 7.21. The summed E-state index contributed by atoms with van der Waals surface area (Å²) in [5, 5.41) is 4.35. The number of rotatable bonds is 4. The van der Waals surface area contributed by atoms with Gasteiger partial charge in [0.25, 0.3) is 0 Å². The largest absolute Gasteiger partial charge is 0.459 e. The predicted molar refractivity (Wildman–Crippen MR) is 128 cm³/mol. The minimum Gasteiger partial charge on any atom is -0.459 e. The van der Waals surface area contributed by atoms with E-state index in [9.17, 15) is 4.79 Å². The molecular formula is C25H20Br2O2. The average molecular weight is 512 g/mol. The molecule has 4 aromatic rings. The van der Waals surface area contributed by atoms with E-state index in [-0.39, 0.29) is 15.8 Å². The summed E-state index contributed by atoms with van der Waals surface area (Å²) in [5.41, 5.74) is 3.59. The molecule has 0 spiro atoms. The number of alkyl halides is 2. The fourth-order valence-corrected chi connectivity index (χ4v) is 4.50. The minimum absolute atomic E-state index is 0.0532. The van der Waals surface area contributed by atoms with E-state index in [2.05, 4.69) is 68.3 Å². The molecule has 0 atom stereocenters. The molecule has 4 aromatic carbocycles. The number of ether oxygens (including phenoxy) is 1. The smallest absolute Gasteiger partial charge is 0.339 e. The van der Waals surface area contributed by atoms with Gasteiger partial charge in [-0.15, -0.1) is 0 Å². The first-order chi connectivity index (χ1) is 14.0. The second kappa shape index (κ2) is 8.29. The highest BCUT2D eigenvalue weighted by atomic mass is 79.9. The van der Waals surface area contributed by atoms with E-state index in [4.69, 9.17) is 4.74 Å². The van der Waals surface area contributed by atoms with Crippen LogP contribution in [0, 0.1) is 0 Å². The van der Waals surface area contributed by atoms with Crippen LogP contribution in [0.1, 0.15) is 33.5 Å². The van der Waals surface area contributed by atoms with Crippen molar-refractivity contribution in [2.24, 2.45) is 0 Å². The monoisotopic (exact) mass is 510 g/mol. The van der Waals surface area contributed by atoms with Crippen LogP contribution in [-0.4, -0.2) is 12.1 Å². The lowest BCUT2D eigenvalue weighted by Gasteiger charge is -2.20. The number of benzene rings is 4. The van der Waals surface area contributed by atoms with Gasteiger partial charge in [-0.1, -0.05) is 98.6 Å². The Bertz CT molecular complexity index is 1210. The Morgan fingerprint density at radius 3 is 1.90 bits per heavy atom. The van der Waals surface area contributed by atoms with Crippen LogP contribution in [0.5, 0.6) is 0 Å². The summed E-state index contributed by atoms with van der Waals surface area (Å²) < 4.78 is 5.54. The summed E-state index contributed by atoms with van der Waals surface area (Å²) in [6, 6.07) is 24.5. The molecule has 146 valence electrons. The fourth-order valence-electron chi connectivity index (χ4n) is 3.74. The summed E-state index contributed by atoms with van der Waals surface area (Å²) in [6.45, 7) is 3.74. The summed E-state index contributed by atoms with van der Waals surface area (Å²) in [6.07, 6.45) is -0.186. The summed E-state index contributed by atoms with van der Waals surface area (Å²) in [5.74, 6) is -0.305. The zero-order valence-electron chi connectivity index (χ0n) is 16.2. The van der Waals surface area contributed by atoms with E-state index in [1.807, 2.05) is 50.2 Å². The van der Waals surface area contributed by atoms with Crippen LogP contribution >= 0.6 is 31.9 Å². The van der Waals surface area contributed by atoms with E-state index < -0.39 is 0 Å². The first-order valence-corrected chi connectivity index (χ1v) is 11.3. The molecule has 0 aliphatic rings. The third kappa shape index (κ3) is 3.84. The number of carbonyl (C=O) groups is 1. The van der Waals surface area contributed by atoms with E-state index in [1.54, 1.807) is 0 Å². The van der Waals surface area contributed by atoms with Gasteiger partial charge in [-0.2, -0.15) is 0 Å². The first kappa shape index (κ1) is 20.1. The van der Waals surface area contributed by atoms with Gasteiger partial charge in [0.05, 0.1) is 15.4 Å². The van der Waals surface area contributed by atoms with Crippen LogP contribution in [0.4, 0.5) is 0 Å². The first-order valence-electron chi connectivity index (χ1n) is 9.50. The standard InChI is InChI=1S/C25H20Br2O2/c1-15(2)29-25(28)21-14-12-17-8-4-6-10-19(17)23(21)22-18-9-5-3-7-16(18)11-13-20(22)24(26)27/h3-15,24H,1-2H3. The molecule has 0 unspecified atom stereocenters. The fraction of sp³-hybridized carbons (Fsp3) is 0.160. The molecule has 0 fully saturated rings. The van der Waals surface area contributed by atoms with Crippen molar-refractivity contribution in [3.8, 4) is 11.1 Å². The molecule has 29 heavy (non-hydrogen) atoms. The van der Waals surface area contributed by atoms with E-state index >= 15 is 0 Å². The number of hydrogen-bond donors (Lipinski definition) is 0. The van der Waals surface area contributed by atoms with Gasteiger partial charge >= 0.3 is 5.97 Å². The molecule has 0 saturated carbocycles. The highest BCUT2D eigenvalue weighted by Crippen LogP contribution is 2.44. The quantitative estimate of drug-likeness (QED) is 0.205. The zero-order chi connectivity index (χ0) is 20.5. The van der Waals surface area contributed by atoms with Gasteiger partial charge < -0.3 is 4.74 Å². The Balaban J connectivity index is 2.16. The van der Waals surface area contributed by atoms with Gasteiger partial charge in [0.1, 0.15) is 0 Å². The van der Waals surface area contributed by atoms with Crippen LogP contribution in [0.15, 0.2) is 72.8 Å². The Hall–Kier alpha value is -2.17. The van der Waals surface area contributed by atoms with Gasteiger partial charge in [-0.25, -0.2) is 4.79 Å². The van der Waals surface area contributed by atoms with Crippen molar-refractivity contribution in [1.82, 2.24) is 0 Å². The van der Waals surface area contributed by atoms with E-state index in [0.717, 1.165) is 38.2 Å². The molecule has 0 radical (unpaired) electrons. The number of halogens is 2. The maximum absolute atomic E-state index is 13.1. The molecule has 0 bridgehead atoms. The Morgan fingerprint density at radius 2 is 1.31 bits per heavy atom. The molecule has 0 aliphatic carbocycles.